The second-order valence-electron chi connectivity index (χ2n) is 4.75. The molecule has 0 aromatic rings. The van der Waals surface area contributed by atoms with Gasteiger partial charge in [0, 0.05) is 6.42 Å². The van der Waals surface area contributed by atoms with E-state index >= 15 is 0 Å². The first-order chi connectivity index (χ1) is 8.08. The van der Waals surface area contributed by atoms with Gasteiger partial charge in [-0.15, -0.1) is 0 Å². The number of rotatable bonds is 2. The van der Waals surface area contributed by atoms with Crippen LogP contribution in [0.25, 0.3) is 0 Å². The Labute approximate surface area is 100 Å². The summed E-state index contributed by atoms with van der Waals surface area (Å²) in [5.41, 5.74) is 7.23. The lowest BCUT2D eigenvalue weighted by Crippen LogP contribution is -2.24. The Morgan fingerprint density at radius 1 is 1.41 bits per heavy atom. The minimum Gasteiger partial charge on any atom is -0.368 e. The molecule has 0 aliphatic heterocycles. The Balaban J connectivity index is 2.21. The maximum absolute atomic E-state index is 14.0. The van der Waals surface area contributed by atoms with E-state index in [9.17, 15) is 4.39 Å². The highest BCUT2D eigenvalue weighted by Crippen LogP contribution is 2.36. The van der Waals surface area contributed by atoms with Crippen molar-refractivity contribution >= 4 is 0 Å². The third-order valence-corrected chi connectivity index (χ3v) is 3.36. The Morgan fingerprint density at radius 2 is 2.18 bits per heavy atom. The number of hydrogen-bond donors (Lipinski definition) is 3. The summed E-state index contributed by atoms with van der Waals surface area (Å²) in [7, 11) is 0. The third-order valence-electron chi connectivity index (χ3n) is 3.36. The first kappa shape index (κ1) is 12.5. The van der Waals surface area contributed by atoms with Gasteiger partial charge < -0.3 is 15.9 Å². The summed E-state index contributed by atoms with van der Waals surface area (Å²) in [6, 6.07) is -0.542. The van der Waals surface area contributed by atoms with E-state index < -0.39 is 12.3 Å². The normalized spacial score (nSPS) is 29.1. The van der Waals surface area contributed by atoms with Crippen LogP contribution in [0.3, 0.4) is 0 Å². The van der Waals surface area contributed by atoms with Gasteiger partial charge in [-0.05, 0) is 36.3 Å². The van der Waals surface area contributed by atoms with Crippen LogP contribution in [-0.2, 0) is 0 Å². The molecule has 0 saturated carbocycles. The van der Waals surface area contributed by atoms with Crippen LogP contribution >= 0.6 is 0 Å². The van der Waals surface area contributed by atoms with Crippen molar-refractivity contribution < 1.29 is 14.6 Å². The van der Waals surface area contributed by atoms with Gasteiger partial charge in [-0.2, -0.15) is 0 Å². The Hall–Kier alpha value is -0.970. The fourth-order valence-electron chi connectivity index (χ4n) is 2.46. The summed E-state index contributed by atoms with van der Waals surface area (Å²) in [5.74, 6) is -0.185. The number of aliphatic hydroxyl groups is 2. The topological polar surface area (TPSA) is 66.5 Å². The van der Waals surface area contributed by atoms with Crippen molar-refractivity contribution in [3.8, 4) is 0 Å². The number of allylic oxidation sites excluding steroid dienone is 4. The second kappa shape index (κ2) is 5.12. The summed E-state index contributed by atoms with van der Waals surface area (Å²) >= 11 is 0. The first-order valence-corrected chi connectivity index (χ1v) is 5.95. The van der Waals surface area contributed by atoms with Crippen molar-refractivity contribution in [2.24, 2.45) is 11.7 Å². The summed E-state index contributed by atoms with van der Waals surface area (Å²) in [6.07, 6.45) is 6.56. The van der Waals surface area contributed by atoms with Gasteiger partial charge in [0.25, 0.3) is 0 Å². The molecule has 0 heterocycles. The van der Waals surface area contributed by atoms with Crippen LogP contribution in [0.15, 0.2) is 35.2 Å². The van der Waals surface area contributed by atoms with Crippen LogP contribution in [0.5, 0.6) is 0 Å². The summed E-state index contributed by atoms with van der Waals surface area (Å²) in [5, 5.41) is 18.0. The summed E-state index contributed by atoms with van der Waals surface area (Å²) in [6.45, 7) is 0. The maximum atomic E-state index is 14.0. The van der Waals surface area contributed by atoms with E-state index in [0.717, 1.165) is 12.0 Å². The molecular weight excluding hydrogens is 221 g/mol. The number of hydrogen-bond acceptors (Lipinski definition) is 3. The maximum Gasteiger partial charge on any atom is 0.151 e. The minimum atomic E-state index is -1.33. The molecule has 4 N–H and O–H groups in total. The lowest BCUT2D eigenvalue weighted by Gasteiger charge is -2.22. The molecule has 4 heteroatoms. The molecule has 0 aromatic heterocycles. The van der Waals surface area contributed by atoms with Gasteiger partial charge >= 0.3 is 0 Å². The second-order valence-corrected chi connectivity index (χ2v) is 4.75. The zero-order valence-electron chi connectivity index (χ0n) is 9.64. The molecule has 0 fully saturated rings. The van der Waals surface area contributed by atoms with Gasteiger partial charge in [-0.1, -0.05) is 18.2 Å². The molecule has 0 saturated heterocycles. The van der Waals surface area contributed by atoms with E-state index in [0.29, 0.717) is 18.4 Å². The van der Waals surface area contributed by atoms with Gasteiger partial charge in [-0.3, -0.25) is 0 Å². The van der Waals surface area contributed by atoms with Crippen molar-refractivity contribution in [1.82, 2.24) is 0 Å². The molecule has 2 atom stereocenters. The molecule has 2 rings (SSSR count). The van der Waals surface area contributed by atoms with Crippen LogP contribution in [-0.4, -0.2) is 22.5 Å². The minimum absolute atomic E-state index is 0.0585. The number of nitrogens with two attached hydrogens (primary N) is 1. The van der Waals surface area contributed by atoms with Crippen LogP contribution in [0.2, 0.25) is 0 Å². The number of halogens is 1. The van der Waals surface area contributed by atoms with Crippen molar-refractivity contribution in [1.29, 1.82) is 0 Å². The largest absolute Gasteiger partial charge is 0.368 e. The molecule has 3 nitrogen and oxygen atoms in total. The average molecular weight is 239 g/mol. The van der Waals surface area contributed by atoms with Gasteiger partial charge in [0.05, 0.1) is 6.04 Å². The summed E-state index contributed by atoms with van der Waals surface area (Å²) < 4.78 is 14.0. The van der Waals surface area contributed by atoms with E-state index in [2.05, 4.69) is 0 Å². The van der Waals surface area contributed by atoms with Crippen molar-refractivity contribution in [2.45, 2.75) is 38.0 Å². The van der Waals surface area contributed by atoms with Gasteiger partial charge in [0.2, 0.25) is 0 Å². The molecule has 0 aromatic carbocycles. The fraction of sp³-hybridized carbons (Fsp3) is 0.538. The van der Waals surface area contributed by atoms with Crippen molar-refractivity contribution in [2.75, 3.05) is 0 Å². The SMILES string of the molecule is NC1CC=C2C=CCC(CC(O)O)CC2=C1F. The lowest BCUT2D eigenvalue weighted by atomic mass is 9.87. The van der Waals surface area contributed by atoms with Crippen LogP contribution in [0.1, 0.15) is 25.7 Å². The third kappa shape index (κ3) is 2.83. The van der Waals surface area contributed by atoms with Gasteiger partial charge in [0.15, 0.2) is 6.29 Å². The smallest absolute Gasteiger partial charge is 0.151 e. The molecule has 0 radical (unpaired) electrons. The lowest BCUT2D eigenvalue weighted by molar-refractivity contribution is -0.0556. The van der Waals surface area contributed by atoms with E-state index in [-0.39, 0.29) is 18.2 Å². The van der Waals surface area contributed by atoms with E-state index in [4.69, 9.17) is 15.9 Å². The highest BCUT2D eigenvalue weighted by molar-refractivity contribution is 5.46. The number of aliphatic hydroxyl groups excluding tert-OH is 1. The van der Waals surface area contributed by atoms with E-state index in [1.807, 2.05) is 18.2 Å². The van der Waals surface area contributed by atoms with Crippen LogP contribution in [0.4, 0.5) is 4.39 Å². The predicted molar refractivity (Wildman–Crippen MR) is 63.5 cm³/mol. The van der Waals surface area contributed by atoms with Crippen LogP contribution in [0, 0.1) is 5.92 Å². The van der Waals surface area contributed by atoms with Gasteiger partial charge in [0.1, 0.15) is 5.83 Å². The molecule has 2 aliphatic carbocycles. The molecule has 2 unspecified atom stereocenters. The molecular formula is C13H18FNO2. The van der Waals surface area contributed by atoms with E-state index in [1.54, 1.807) is 0 Å². The Kier molecular flexibility index (Phi) is 3.76. The van der Waals surface area contributed by atoms with Crippen molar-refractivity contribution in [3.63, 3.8) is 0 Å². The highest BCUT2D eigenvalue weighted by Gasteiger charge is 2.25. The van der Waals surface area contributed by atoms with Crippen molar-refractivity contribution in [3.05, 3.63) is 35.2 Å². The van der Waals surface area contributed by atoms with Crippen LogP contribution < -0.4 is 5.73 Å². The molecule has 0 bridgehead atoms. The molecule has 94 valence electrons. The van der Waals surface area contributed by atoms with Gasteiger partial charge in [-0.25, -0.2) is 4.39 Å². The molecule has 17 heavy (non-hydrogen) atoms. The first-order valence-electron chi connectivity index (χ1n) is 5.95. The standard InChI is InChI=1S/C13H18FNO2/c14-13-10-6-8(7-12(16)17)2-1-3-9(10)4-5-11(13)15/h1,3-4,8,11-12,16-17H,2,5-7,15H2. The fourth-order valence-corrected chi connectivity index (χ4v) is 2.46. The Bertz CT molecular complexity index is 385. The monoisotopic (exact) mass is 239 g/mol. The van der Waals surface area contributed by atoms with E-state index in [1.165, 1.54) is 0 Å². The quantitative estimate of drug-likeness (QED) is 0.640. The molecule has 0 amide bonds. The summed E-state index contributed by atoms with van der Waals surface area (Å²) in [4.78, 5) is 0. The zero-order valence-corrected chi connectivity index (χ0v) is 9.64. The predicted octanol–water partition coefficient (Wildman–Crippen LogP) is 1.53. The Morgan fingerprint density at radius 3 is 2.88 bits per heavy atom. The average Bonchev–Trinajstić information content (AvgIpc) is 2.45. The number of fused-ring (bicyclic) bond motifs is 1. The molecule has 2 aliphatic rings. The molecule has 0 spiro atoms. The zero-order chi connectivity index (χ0) is 12.4. The highest BCUT2D eigenvalue weighted by atomic mass is 19.1.